The van der Waals surface area contributed by atoms with Gasteiger partial charge >= 0.3 is 0 Å². The molecule has 0 aliphatic carbocycles. The second kappa shape index (κ2) is 11.3. The maximum atomic E-state index is 13.9. The van der Waals surface area contributed by atoms with Crippen molar-refractivity contribution in [3.05, 3.63) is 73.3 Å². The van der Waals surface area contributed by atoms with E-state index in [1.165, 1.54) is 31.1 Å². The Hall–Kier alpha value is -4.44. The molecule has 1 saturated heterocycles. The molecule has 5 rings (SSSR count). The first kappa shape index (κ1) is 25.2. The van der Waals surface area contributed by atoms with Gasteiger partial charge in [-0.15, -0.1) is 0 Å². The van der Waals surface area contributed by atoms with Crippen molar-refractivity contribution in [2.24, 2.45) is 0 Å². The number of methoxy groups -OCH3 is 1. The Morgan fingerprint density at radius 3 is 2.76 bits per heavy atom. The average Bonchev–Trinajstić information content (AvgIpc) is 3.59. The zero-order chi connectivity index (χ0) is 26.5. The van der Waals surface area contributed by atoms with Gasteiger partial charge in [0.15, 0.2) is 0 Å². The highest BCUT2D eigenvalue weighted by Gasteiger charge is 2.17. The molecule has 2 aromatic heterocycles. The summed E-state index contributed by atoms with van der Waals surface area (Å²) in [6, 6.07) is 11.7. The summed E-state index contributed by atoms with van der Waals surface area (Å²) in [4.78, 5) is 23.4. The van der Waals surface area contributed by atoms with E-state index in [0.29, 0.717) is 46.8 Å². The van der Waals surface area contributed by atoms with Crippen molar-refractivity contribution in [3.63, 3.8) is 0 Å². The lowest BCUT2D eigenvalue weighted by atomic mass is 10.2. The number of carbonyl (C=O) groups is 1. The van der Waals surface area contributed by atoms with Crippen molar-refractivity contribution >= 4 is 34.1 Å². The lowest BCUT2D eigenvalue weighted by molar-refractivity contribution is -0.111. The Morgan fingerprint density at radius 1 is 1.13 bits per heavy atom. The molecule has 38 heavy (non-hydrogen) atoms. The lowest BCUT2D eigenvalue weighted by Gasteiger charge is -2.19. The Morgan fingerprint density at radius 2 is 1.97 bits per heavy atom. The van der Waals surface area contributed by atoms with Crippen LogP contribution in [0.15, 0.2) is 67.5 Å². The third-order valence-corrected chi connectivity index (χ3v) is 6.40. The van der Waals surface area contributed by atoms with Crippen LogP contribution in [0.1, 0.15) is 12.8 Å². The number of rotatable bonds is 10. The molecule has 196 valence electrons. The number of carbonyl (C=O) groups excluding carboxylic acids is 1. The highest BCUT2D eigenvalue weighted by molar-refractivity contribution is 6.00. The van der Waals surface area contributed by atoms with Gasteiger partial charge in [0.2, 0.25) is 11.9 Å². The van der Waals surface area contributed by atoms with Crippen LogP contribution in [-0.2, 0) is 4.79 Å². The van der Waals surface area contributed by atoms with Gasteiger partial charge in [-0.05, 0) is 68.4 Å². The van der Waals surface area contributed by atoms with Crippen molar-refractivity contribution in [2.75, 3.05) is 44.0 Å². The Labute approximate surface area is 219 Å². The van der Waals surface area contributed by atoms with Crippen molar-refractivity contribution in [1.29, 1.82) is 0 Å². The Kier molecular flexibility index (Phi) is 7.50. The summed E-state index contributed by atoms with van der Waals surface area (Å²) in [7, 11) is 1.55. The smallest absolute Gasteiger partial charge is 0.247 e. The molecule has 2 aromatic carbocycles. The minimum atomic E-state index is -0.365. The van der Waals surface area contributed by atoms with Gasteiger partial charge in [0.25, 0.3) is 0 Å². The van der Waals surface area contributed by atoms with E-state index in [1.54, 1.807) is 42.1 Å². The topological polar surface area (TPSA) is 93.5 Å². The fourth-order valence-electron chi connectivity index (χ4n) is 4.48. The number of hydrogen-bond donors (Lipinski definition) is 2. The molecule has 2 N–H and O–H groups in total. The van der Waals surface area contributed by atoms with Crippen LogP contribution in [0.4, 0.5) is 21.7 Å². The standard InChI is InChI=1S/C28H29FN6O3/c1-3-27(36)31-22-17-21(24(37-2)18-25(22)38-15-14-34-11-4-5-12-34)32-28-30-10-8-26(33-28)35-13-9-19-6-7-20(29)16-23(19)35/h3,6-10,13,16-18H,1,4-5,11-12,14-15H2,2H3,(H,31,36)(H,30,32,33). The molecule has 1 aliphatic heterocycles. The second-order valence-corrected chi connectivity index (χ2v) is 8.89. The van der Waals surface area contributed by atoms with Gasteiger partial charge in [-0.25, -0.2) is 9.37 Å². The van der Waals surface area contributed by atoms with E-state index < -0.39 is 0 Å². The van der Waals surface area contributed by atoms with Crippen molar-refractivity contribution < 1.29 is 18.7 Å². The van der Waals surface area contributed by atoms with E-state index >= 15 is 0 Å². The molecule has 1 fully saturated rings. The molecule has 0 atom stereocenters. The van der Waals surface area contributed by atoms with Gasteiger partial charge in [-0.2, -0.15) is 4.98 Å². The van der Waals surface area contributed by atoms with Crippen LogP contribution >= 0.6 is 0 Å². The number of ether oxygens (including phenoxy) is 2. The van der Waals surface area contributed by atoms with E-state index in [1.807, 2.05) is 12.3 Å². The number of anilines is 3. The Bertz CT molecular complexity index is 1460. The second-order valence-electron chi connectivity index (χ2n) is 8.89. The quantitative estimate of drug-likeness (QED) is 0.289. The minimum absolute atomic E-state index is 0.294. The number of amides is 1. The molecule has 10 heteroatoms. The number of nitrogens with zero attached hydrogens (tertiary/aromatic N) is 4. The van der Waals surface area contributed by atoms with Crippen LogP contribution in [0.25, 0.3) is 16.7 Å². The number of nitrogens with one attached hydrogen (secondary N) is 2. The maximum absolute atomic E-state index is 13.9. The average molecular weight is 517 g/mol. The molecule has 9 nitrogen and oxygen atoms in total. The van der Waals surface area contributed by atoms with Crippen LogP contribution in [0.2, 0.25) is 0 Å². The van der Waals surface area contributed by atoms with Crippen LogP contribution in [0, 0.1) is 5.82 Å². The predicted molar refractivity (Wildman–Crippen MR) is 145 cm³/mol. The summed E-state index contributed by atoms with van der Waals surface area (Å²) >= 11 is 0. The SMILES string of the molecule is C=CC(=O)Nc1cc(Nc2nccc(-n3ccc4ccc(F)cc43)n2)c(OC)cc1OCCN1CCCC1. The van der Waals surface area contributed by atoms with E-state index in [4.69, 9.17) is 9.47 Å². The molecule has 0 spiro atoms. The molecule has 3 heterocycles. The predicted octanol–water partition coefficient (Wildman–Crippen LogP) is 4.91. The number of aromatic nitrogens is 3. The molecular weight excluding hydrogens is 487 g/mol. The summed E-state index contributed by atoms with van der Waals surface area (Å²) in [5, 5.41) is 6.87. The van der Waals surface area contributed by atoms with Crippen LogP contribution in [0.3, 0.4) is 0 Å². The van der Waals surface area contributed by atoms with Crippen molar-refractivity contribution in [2.45, 2.75) is 12.8 Å². The third-order valence-electron chi connectivity index (χ3n) is 6.40. The molecule has 1 aliphatic rings. The monoisotopic (exact) mass is 516 g/mol. The van der Waals surface area contributed by atoms with Crippen LogP contribution in [-0.4, -0.2) is 58.7 Å². The fourth-order valence-corrected chi connectivity index (χ4v) is 4.48. The zero-order valence-corrected chi connectivity index (χ0v) is 21.1. The number of hydrogen-bond acceptors (Lipinski definition) is 7. The number of benzene rings is 2. The largest absolute Gasteiger partial charge is 0.494 e. The number of likely N-dealkylation sites (tertiary alicyclic amines) is 1. The van der Waals surface area contributed by atoms with E-state index in [0.717, 1.165) is 25.0 Å². The van der Waals surface area contributed by atoms with Crippen LogP contribution in [0.5, 0.6) is 11.5 Å². The van der Waals surface area contributed by atoms with Gasteiger partial charge in [-0.3, -0.25) is 9.69 Å². The summed E-state index contributed by atoms with van der Waals surface area (Å²) in [6.07, 6.45) is 7.04. The van der Waals surface area contributed by atoms with E-state index in [-0.39, 0.29) is 11.7 Å². The van der Waals surface area contributed by atoms with Gasteiger partial charge in [0.05, 0.1) is 24.0 Å². The molecule has 0 bridgehead atoms. The van der Waals surface area contributed by atoms with Gasteiger partial charge in [0, 0.05) is 30.4 Å². The highest BCUT2D eigenvalue weighted by atomic mass is 19.1. The summed E-state index contributed by atoms with van der Waals surface area (Å²) in [6.45, 7) is 6.96. The molecule has 0 saturated carbocycles. The molecular formula is C28H29FN6O3. The summed E-state index contributed by atoms with van der Waals surface area (Å²) < 4.78 is 27.3. The first-order valence-electron chi connectivity index (χ1n) is 12.4. The van der Waals surface area contributed by atoms with Crippen LogP contribution < -0.4 is 20.1 Å². The number of halogens is 1. The van der Waals surface area contributed by atoms with Gasteiger partial charge in [0.1, 0.15) is 29.7 Å². The Balaban J connectivity index is 1.42. The summed E-state index contributed by atoms with van der Waals surface area (Å²) in [5.41, 5.74) is 1.68. The highest BCUT2D eigenvalue weighted by Crippen LogP contribution is 2.38. The first-order chi connectivity index (χ1) is 18.5. The molecule has 1 amide bonds. The molecule has 4 aromatic rings. The van der Waals surface area contributed by atoms with Gasteiger partial charge in [-0.1, -0.05) is 6.58 Å². The van der Waals surface area contributed by atoms with E-state index in [9.17, 15) is 9.18 Å². The lowest BCUT2D eigenvalue weighted by Crippen LogP contribution is -2.25. The van der Waals surface area contributed by atoms with Crippen molar-refractivity contribution in [3.8, 4) is 17.3 Å². The first-order valence-corrected chi connectivity index (χ1v) is 12.4. The van der Waals surface area contributed by atoms with Gasteiger partial charge < -0.3 is 24.7 Å². The van der Waals surface area contributed by atoms with E-state index in [2.05, 4.69) is 32.1 Å². The normalized spacial score (nSPS) is 13.4. The summed E-state index contributed by atoms with van der Waals surface area (Å²) in [5.74, 6) is 1.13. The maximum Gasteiger partial charge on any atom is 0.247 e. The number of fused-ring (bicyclic) bond motifs is 1. The third kappa shape index (κ3) is 5.60. The fraction of sp³-hybridized carbons (Fsp3) is 0.250. The molecule has 0 radical (unpaired) electrons. The minimum Gasteiger partial charge on any atom is -0.494 e. The zero-order valence-electron chi connectivity index (χ0n) is 21.1. The molecule has 0 unspecified atom stereocenters. The van der Waals surface area contributed by atoms with Crippen molar-refractivity contribution in [1.82, 2.24) is 19.4 Å².